The highest BCUT2D eigenvalue weighted by atomic mass is 16.5. The van der Waals surface area contributed by atoms with Crippen LogP contribution in [0, 0.1) is 0 Å². The van der Waals surface area contributed by atoms with Gasteiger partial charge in [0.2, 0.25) is 0 Å². The van der Waals surface area contributed by atoms with Crippen LogP contribution in [0.15, 0.2) is 54.6 Å². The van der Waals surface area contributed by atoms with Crippen LogP contribution in [0.4, 0.5) is 0 Å². The van der Waals surface area contributed by atoms with E-state index in [1.165, 1.54) is 6.08 Å². The summed E-state index contributed by atoms with van der Waals surface area (Å²) in [5.74, 6) is 0.717. The molecule has 0 bridgehead atoms. The van der Waals surface area contributed by atoms with Crippen LogP contribution in [0.5, 0.6) is 5.75 Å². The number of carbonyl (C=O) groups excluding carboxylic acids is 1. The molecule has 1 unspecified atom stereocenters. The van der Waals surface area contributed by atoms with E-state index in [1.54, 1.807) is 49.6 Å². The molecule has 0 aromatic heterocycles. The fourth-order valence-corrected chi connectivity index (χ4v) is 2.25. The highest BCUT2D eigenvalue weighted by Crippen LogP contribution is 2.31. The Balaban J connectivity index is 1.90. The number of hydrogen-bond donors (Lipinski definition) is 1. The third kappa shape index (κ3) is 2.53. The van der Waals surface area contributed by atoms with Gasteiger partial charge in [-0.15, -0.1) is 0 Å². The Kier molecular flexibility index (Phi) is 3.46. The molecule has 1 atom stereocenters. The van der Waals surface area contributed by atoms with Crippen LogP contribution in [-0.4, -0.2) is 18.2 Å². The molecule has 0 amide bonds. The van der Waals surface area contributed by atoms with Crippen molar-refractivity contribution in [3.8, 4) is 5.75 Å². The number of aliphatic hydroxyl groups is 1. The average molecular weight is 282 g/mol. The van der Waals surface area contributed by atoms with Crippen molar-refractivity contribution in [2.45, 2.75) is 6.10 Å². The monoisotopic (exact) mass is 282 g/mol. The Bertz CT molecular complexity index is 701. The highest BCUT2D eigenvalue weighted by Gasteiger charge is 2.26. The molecule has 3 rings (SSSR count). The van der Waals surface area contributed by atoms with Gasteiger partial charge in [0.1, 0.15) is 17.6 Å². The van der Waals surface area contributed by atoms with Gasteiger partial charge < -0.3 is 14.6 Å². The quantitative estimate of drug-likeness (QED) is 0.879. The van der Waals surface area contributed by atoms with Crippen LogP contribution in [0.2, 0.25) is 0 Å². The number of ether oxygens (including phenoxy) is 2. The number of fused-ring (bicyclic) bond motifs is 1. The second-order valence-electron chi connectivity index (χ2n) is 4.68. The van der Waals surface area contributed by atoms with Gasteiger partial charge in [0.05, 0.1) is 12.7 Å². The first kappa shape index (κ1) is 13.4. The predicted octanol–water partition coefficient (Wildman–Crippen LogP) is 2.94. The Morgan fingerprint density at radius 2 is 1.76 bits per heavy atom. The number of rotatable bonds is 3. The lowest BCUT2D eigenvalue weighted by molar-refractivity contribution is 0.0713. The smallest absolute Gasteiger partial charge is 0.344 e. The molecule has 1 heterocycles. The average Bonchev–Trinajstić information content (AvgIpc) is 2.84. The molecule has 2 aromatic carbocycles. The van der Waals surface area contributed by atoms with Gasteiger partial charge in [-0.2, -0.15) is 0 Å². The van der Waals surface area contributed by atoms with Gasteiger partial charge in [0, 0.05) is 5.56 Å². The first-order valence-electron chi connectivity index (χ1n) is 6.54. The van der Waals surface area contributed by atoms with E-state index in [9.17, 15) is 9.90 Å². The van der Waals surface area contributed by atoms with Crippen molar-refractivity contribution < 1.29 is 19.4 Å². The van der Waals surface area contributed by atoms with Gasteiger partial charge in [-0.25, -0.2) is 4.79 Å². The molecule has 4 heteroatoms. The predicted molar refractivity (Wildman–Crippen MR) is 77.8 cm³/mol. The molecule has 0 spiro atoms. The SMILES string of the molecule is COc1ccc(C(O)/C=C2/OC(=O)c3ccccc32)cc1. The Morgan fingerprint density at radius 1 is 1.10 bits per heavy atom. The van der Waals surface area contributed by atoms with Crippen LogP contribution >= 0.6 is 0 Å². The maximum Gasteiger partial charge on any atom is 0.344 e. The molecule has 0 fully saturated rings. The van der Waals surface area contributed by atoms with Gasteiger partial charge in [-0.3, -0.25) is 0 Å². The molecular weight excluding hydrogens is 268 g/mol. The van der Waals surface area contributed by atoms with Crippen LogP contribution in [0.25, 0.3) is 5.76 Å². The van der Waals surface area contributed by atoms with Crippen molar-refractivity contribution in [1.82, 2.24) is 0 Å². The van der Waals surface area contributed by atoms with Crippen molar-refractivity contribution in [2.75, 3.05) is 7.11 Å². The third-order valence-electron chi connectivity index (χ3n) is 3.38. The van der Waals surface area contributed by atoms with Crippen molar-refractivity contribution in [3.05, 3.63) is 71.3 Å². The van der Waals surface area contributed by atoms with Crippen LogP contribution in [0.1, 0.15) is 27.6 Å². The summed E-state index contributed by atoms with van der Waals surface area (Å²) in [4.78, 5) is 11.7. The minimum atomic E-state index is -0.857. The fourth-order valence-electron chi connectivity index (χ4n) is 2.25. The summed E-state index contributed by atoms with van der Waals surface area (Å²) in [6.45, 7) is 0. The first-order chi connectivity index (χ1) is 10.2. The minimum Gasteiger partial charge on any atom is -0.497 e. The van der Waals surface area contributed by atoms with Crippen LogP contribution < -0.4 is 4.74 Å². The van der Waals surface area contributed by atoms with E-state index in [2.05, 4.69) is 0 Å². The summed E-state index contributed by atoms with van der Waals surface area (Å²) < 4.78 is 10.3. The standard InChI is InChI=1S/C17H14O4/c1-20-12-8-6-11(7-9-12)15(18)10-16-13-4-2-3-5-14(13)17(19)21-16/h2-10,15,18H,1H3/b16-10+. The van der Waals surface area contributed by atoms with E-state index < -0.39 is 12.1 Å². The molecular formula is C17H14O4. The molecule has 1 aliphatic rings. The van der Waals surface area contributed by atoms with Crippen molar-refractivity contribution in [3.63, 3.8) is 0 Å². The Labute approximate surface area is 122 Å². The zero-order valence-corrected chi connectivity index (χ0v) is 11.4. The number of cyclic esters (lactones) is 1. The summed E-state index contributed by atoms with van der Waals surface area (Å²) in [5, 5.41) is 10.2. The lowest BCUT2D eigenvalue weighted by Crippen LogP contribution is -1.96. The van der Waals surface area contributed by atoms with Crippen molar-refractivity contribution >= 4 is 11.7 Å². The number of hydrogen-bond acceptors (Lipinski definition) is 4. The van der Waals surface area contributed by atoms with E-state index in [-0.39, 0.29) is 0 Å². The van der Waals surface area contributed by atoms with Crippen molar-refractivity contribution in [1.29, 1.82) is 0 Å². The van der Waals surface area contributed by atoms with Crippen molar-refractivity contribution in [2.24, 2.45) is 0 Å². The molecule has 1 aliphatic heterocycles. The maximum absolute atomic E-state index is 11.7. The second kappa shape index (κ2) is 5.42. The van der Waals surface area contributed by atoms with E-state index in [1.807, 2.05) is 6.07 Å². The van der Waals surface area contributed by atoms with E-state index in [0.29, 0.717) is 22.4 Å². The normalized spacial score (nSPS) is 16.5. The molecule has 0 saturated heterocycles. The molecule has 0 aliphatic carbocycles. The van der Waals surface area contributed by atoms with Gasteiger partial charge in [0.15, 0.2) is 0 Å². The summed E-state index contributed by atoms with van der Waals surface area (Å²) in [6, 6.07) is 14.2. The van der Waals surface area contributed by atoms with E-state index in [4.69, 9.17) is 9.47 Å². The number of carbonyl (C=O) groups is 1. The van der Waals surface area contributed by atoms with Gasteiger partial charge >= 0.3 is 5.97 Å². The molecule has 0 radical (unpaired) electrons. The molecule has 1 N–H and O–H groups in total. The molecule has 21 heavy (non-hydrogen) atoms. The topological polar surface area (TPSA) is 55.8 Å². The Morgan fingerprint density at radius 3 is 2.43 bits per heavy atom. The zero-order valence-electron chi connectivity index (χ0n) is 11.4. The molecule has 106 valence electrons. The molecule has 2 aromatic rings. The number of aliphatic hydroxyl groups excluding tert-OH is 1. The van der Waals surface area contributed by atoms with Gasteiger partial charge in [-0.05, 0) is 29.8 Å². The van der Waals surface area contributed by atoms with Crippen LogP contribution in [-0.2, 0) is 4.74 Å². The molecule has 0 saturated carbocycles. The largest absolute Gasteiger partial charge is 0.497 e. The summed E-state index contributed by atoms with van der Waals surface area (Å²) in [7, 11) is 1.59. The number of methoxy groups -OCH3 is 1. The third-order valence-corrected chi connectivity index (χ3v) is 3.38. The lowest BCUT2D eigenvalue weighted by atomic mass is 10.0. The highest BCUT2D eigenvalue weighted by molar-refractivity contribution is 6.02. The first-order valence-corrected chi connectivity index (χ1v) is 6.54. The van der Waals surface area contributed by atoms with Gasteiger partial charge in [0.25, 0.3) is 0 Å². The fraction of sp³-hybridized carbons (Fsp3) is 0.118. The molecule has 4 nitrogen and oxygen atoms in total. The maximum atomic E-state index is 11.7. The lowest BCUT2D eigenvalue weighted by Gasteiger charge is -2.08. The van der Waals surface area contributed by atoms with E-state index >= 15 is 0 Å². The van der Waals surface area contributed by atoms with Crippen LogP contribution in [0.3, 0.4) is 0 Å². The minimum absolute atomic E-state index is 0.388. The summed E-state index contributed by atoms with van der Waals surface area (Å²) >= 11 is 0. The number of benzene rings is 2. The number of esters is 1. The second-order valence-corrected chi connectivity index (χ2v) is 4.68. The summed E-state index contributed by atoms with van der Waals surface area (Å²) in [6.07, 6.45) is 0.677. The van der Waals surface area contributed by atoms with E-state index in [0.717, 1.165) is 5.75 Å². The summed E-state index contributed by atoms with van der Waals surface area (Å²) in [5.41, 5.74) is 1.92. The van der Waals surface area contributed by atoms with Gasteiger partial charge in [-0.1, -0.05) is 30.3 Å². The Hall–Kier alpha value is -2.59. The zero-order chi connectivity index (χ0) is 14.8.